The van der Waals surface area contributed by atoms with Crippen LogP contribution in [0.3, 0.4) is 0 Å². The monoisotopic (exact) mass is 429 g/mol. The zero-order chi connectivity index (χ0) is 22.2. The standard InChI is InChI=1S/C24H23N5O3/c1-27-22(17-6-7-19-20(15-17)26-9-8-25-19)21(24(31)28(27)2)16-4-3-5-18(14-16)23(30)29-10-12-32-13-11-29/h3-9,14-15H,10-13H2,1-2H3. The van der Waals surface area contributed by atoms with Gasteiger partial charge in [-0.05, 0) is 29.8 Å². The Morgan fingerprint density at radius 3 is 2.44 bits per heavy atom. The summed E-state index contributed by atoms with van der Waals surface area (Å²) in [6.45, 7) is 2.22. The lowest BCUT2D eigenvalue weighted by molar-refractivity contribution is 0.0303. The summed E-state index contributed by atoms with van der Waals surface area (Å²) in [6, 6.07) is 13.1. The third-order valence-corrected chi connectivity index (χ3v) is 5.96. The van der Waals surface area contributed by atoms with Gasteiger partial charge in [0.1, 0.15) is 0 Å². The fourth-order valence-electron chi connectivity index (χ4n) is 4.17. The summed E-state index contributed by atoms with van der Waals surface area (Å²) >= 11 is 0. The highest BCUT2D eigenvalue weighted by Crippen LogP contribution is 2.31. The van der Waals surface area contributed by atoms with Gasteiger partial charge in [0.25, 0.3) is 11.5 Å². The highest BCUT2D eigenvalue weighted by atomic mass is 16.5. The van der Waals surface area contributed by atoms with Gasteiger partial charge in [0, 0.05) is 50.7 Å². The Hall–Kier alpha value is -3.78. The summed E-state index contributed by atoms with van der Waals surface area (Å²) in [6.07, 6.45) is 3.31. The van der Waals surface area contributed by atoms with Crippen molar-refractivity contribution in [2.45, 2.75) is 0 Å². The van der Waals surface area contributed by atoms with Gasteiger partial charge in [-0.1, -0.05) is 18.2 Å². The van der Waals surface area contributed by atoms with Crippen molar-refractivity contribution in [2.75, 3.05) is 26.3 Å². The fraction of sp³-hybridized carbons (Fsp3) is 0.250. The van der Waals surface area contributed by atoms with E-state index >= 15 is 0 Å². The van der Waals surface area contributed by atoms with E-state index in [2.05, 4.69) is 9.97 Å². The number of fused-ring (bicyclic) bond motifs is 1. The molecule has 0 radical (unpaired) electrons. The van der Waals surface area contributed by atoms with Gasteiger partial charge in [-0.2, -0.15) is 0 Å². The second-order valence-electron chi connectivity index (χ2n) is 7.82. The minimum atomic E-state index is -0.127. The molecule has 0 unspecified atom stereocenters. The van der Waals surface area contributed by atoms with Crippen molar-refractivity contribution in [3.8, 4) is 22.4 Å². The van der Waals surface area contributed by atoms with E-state index in [1.54, 1.807) is 41.2 Å². The van der Waals surface area contributed by atoms with Crippen LogP contribution in [0.2, 0.25) is 0 Å². The van der Waals surface area contributed by atoms with E-state index in [-0.39, 0.29) is 11.5 Å². The summed E-state index contributed by atoms with van der Waals surface area (Å²) < 4.78 is 8.75. The maximum absolute atomic E-state index is 13.2. The molecule has 2 aromatic carbocycles. The Labute approximate surface area is 184 Å². The van der Waals surface area contributed by atoms with Crippen molar-refractivity contribution in [2.24, 2.45) is 14.1 Å². The fourth-order valence-corrected chi connectivity index (χ4v) is 4.17. The Morgan fingerprint density at radius 2 is 1.66 bits per heavy atom. The van der Waals surface area contributed by atoms with E-state index < -0.39 is 0 Å². The molecule has 1 aliphatic heterocycles. The van der Waals surface area contributed by atoms with Crippen molar-refractivity contribution < 1.29 is 9.53 Å². The van der Waals surface area contributed by atoms with E-state index in [4.69, 9.17) is 4.74 Å². The number of aromatic nitrogens is 4. The van der Waals surface area contributed by atoms with Crippen LogP contribution in [0.1, 0.15) is 10.4 Å². The molecule has 8 nitrogen and oxygen atoms in total. The molecule has 8 heteroatoms. The maximum atomic E-state index is 13.2. The highest BCUT2D eigenvalue weighted by Gasteiger charge is 2.23. The summed E-state index contributed by atoms with van der Waals surface area (Å²) in [5.74, 6) is -0.0505. The molecule has 0 aliphatic carbocycles. The van der Waals surface area contributed by atoms with Gasteiger partial charge in [-0.15, -0.1) is 0 Å². The minimum absolute atomic E-state index is 0.0505. The zero-order valence-electron chi connectivity index (χ0n) is 18.0. The summed E-state index contributed by atoms with van der Waals surface area (Å²) in [5.41, 5.74) is 4.86. The Kier molecular flexibility index (Phi) is 5.07. The Morgan fingerprint density at radius 1 is 0.906 bits per heavy atom. The lowest BCUT2D eigenvalue weighted by Crippen LogP contribution is -2.40. The maximum Gasteiger partial charge on any atom is 0.274 e. The third-order valence-electron chi connectivity index (χ3n) is 5.96. The van der Waals surface area contributed by atoms with Crippen LogP contribution in [0.15, 0.2) is 59.7 Å². The van der Waals surface area contributed by atoms with Crippen LogP contribution in [0, 0.1) is 0 Å². The topological polar surface area (TPSA) is 82.2 Å². The number of morpholine rings is 1. The number of nitrogens with zero attached hydrogens (tertiary/aromatic N) is 5. The van der Waals surface area contributed by atoms with Gasteiger partial charge in [-0.25, -0.2) is 0 Å². The van der Waals surface area contributed by atoms with Gasteiger partial charge < -0.3 is 9.64 Å². The minimum Gasteiger partial charge on any atom is -0.378 e. The summed E-state index contributed by atoms with van der Waals surface area (Å²) in [5, 5.41) is 0. The molecule has 4 aromatic rings. The second-order valence-corrected chi connectivity index (χ2v) is 7.82. The molecule has 2 aromatic heterocycles. The first-order valence-electron chi connectivity index (χ1n) is 10.5. The smallest absolute Gasteiger partial charge is 0.274 e. The van der Waals surface area contributed by atoms with Crippen LogP contribution in [-0.4, -0.2) is 56.4 Å². The summed E-state index contributed by atoms with van der Waals surface area (Å²) in [4.78, 5) is 36.8. The normalized spacial score (nSPS) is 14.1. The largest absolute Gasteiger partial charge is 0.378 e. The average molecular weight is 429 g/mol. The number of ether oxygens (including phenoxy) is 1. The van der Waals surface area contributed by atoms with Crippen molar-refractivity contribution in [1.82, 2.24) is 24.2 Å². The van der Waals surface area contributed by atoms with Gasteiger partial charge in [0.05, 0.1) is 35.5 Å². The first-order chi connectivity index (χ1) is 15.5. The first kappa shape index (κ1) is 20.1. The van der Waals surface area contributed by atoms with E-state index in [9.17, 15) is 9.59 Å². The molecule has 1 aliphatic rings. The van der Waals surface area contributed by atoms with Crippen LogP contribution in [0.4, 0.5) is 0 Å². The van der Waals surface area contributed by atoms with Crippen molar-refractivity contribution in [3.05, 3.63) is 70.8 Å². The average Bonchev–Trinajstić information content (AvgIpc) is 3.07. The Bertz CT molecular complexity index is 1380. The molecular formula is C24H23N5O3. The van der Waals surface area contributed by atoms with Gasteiger partial charge in [0.15, 0.2) is 0 Å². The number of amides is 1. The predicted molar refractivity (Wildman–Crippen MR) is 121 cm³/mol. The molecule has 3 heterocycles. The number of rotatable bonds is 3. The van der Waals surface area contributed by atoms with Crippen molar-refractivity contribution in [1.29, 1.82) is 0 Å². The van der Waals surface area contributed by atoms with Gasteiger partial charge in [-0.3, -0.25) is 28.9 Å². The van der Waals surface area contributed by atoms with E-state index in [1.165, 1.54) is 0 Å². The van der Waals surface area contributed by atoms with Crippen LogP contribution in [0.25, 0.3) is 33.4 Å². The van der Waals surface area contributed by atoms with Crippen LogP contribution < -0.4 is 5.56 Å². The lowest BCUT2D eigenvalue weighted by Gasteiger charge is -2.27. The van der Waals surface area contributed by atoms with Crippen LogP contribution >= 0.6 is 0 Å². The molecule has 0 N–H and O–H groups in total. The summed E-state index contributed by atoms with van der Waals surface area (Å²) in [7, 11) is 3.59. The molecule has 0 spiro atoms. The van der Waals surface area contributed by atoms with Crippen LogP contribution in [-0.2, 0) is 18.8 Å². The molecule has 1 fully saturated rings. The van der Waals surface area contributed by atoms with Gasteiger partial charge >= 0.3 is 0 Å². The molecular weight excluding hydrogens is 406 g/mol. The number of carbonyl (C=O) groups excluding carboxylic acids is 1. The molecule has 162 valence electrons. The Balaban J connectivity index is 1.63. The molecule has 1 saturated heterocycles. The third kappa shape index (κ3) is 3.38. The number of hydrogen-bond donors (Lipinski definition) is 0. The van der Waals surface area contributed by atoms with Crippen molar-refractivity contribution >= 4 is 16.9 Å². The highest BCUT2D eigenvalue weighted by molar-refractivity contribution is 5.96. The van der Waals surface area contributed by atoms with E-state index in [0.717, 1.165) is 22.3 Å². The molecule has 1 amide bonds. The molecule has 5 rings (SSSR count). The zero-order valence-corrected chi connectivity index (χ0v) is 18.0. The quantitative estimate of drug-likeness (QED) is 0.500. The van der Waals surface area contributed by atoms with E-state index in [0.29, 0.717) is 43.0 Å². The molecule has 0 bridgehead atoms. The molecule has 0 saturated carbocycles. The molecule has 0 atom stereocenters. The van der Waals surface area contributed by atoms with Gasteiger partial charge in [0.2, 0.25) is 0 Å². The number of hydrogen-bond acceptors (Lipinski definition) is 5. The van der Waals surface area contributed by atoms with Crippen molar-refractivity contribution in [3.63, 3.8) is 0 Å². The number of carbonyl (C=O) groups is 1. The SMILES string of the molecule is Cn1c(-c2ccc3nccnc3c2)c(-c2cccc(C(=O)N3CCOCC3)c2)c(=O)n1C. The first-order valence-corrected chi connectivity index (χ1v) is 10.5. The second kappa shape index (κ2) is 8.05. The molecule has 32 heavy (non-hydrogen) atoms. The predicted octanol–water partition coefficient (Wildman–Crippen LogP) is 2.47. The number of benzene rings is 2. The lowest BCUT2D eigenvalue weighted by atomic mass is 9.99. The van der Waals surface area contributed by atoms with Crippen LogP contribution in [0.5, 0.6) is 0 Å². The van der Waals surface area contributed by atoms with E-state index in [1.807, 2.05) is 42.1 Å².